The van der Waals surface area contributed by atoms with Crippen LogP contribution in [0.2, 0.25) is 0 Å². The molecule has 2 aromatic heterocycles. The fourth-order valence-electron chi connectivity index (χ4n) is 8.26. The first kappa shape index (κ1) is 30.8. The van der Waals surface area contributed by atoms with E-state index in [2.05, 4.69) is 142 Å². The highest BCUT2D eigenvalue weighted by atomic mass is 15.3. The quantitative estimate of drug-likeness (QED) is 0.159. The molecule has 0 radical (unpaired) electrons. The first-order chi connectivity index (χ1) is 23.6. The van der Waals surface area contributed by atoms with Crippen LogP contribution >= 0.6 is 0 Å². The third-order valence-corrected chi connectivity index (χ3v) is 10.5. The normalized spacial score (nSPS) is 21.0. The molecule has 48 heavy (non-hydrogen) atoms. The number of hydrogen-bond acceptors (Lipinski definition) is 6. The lowest BCUT2D eigenvalue weighted by Crippen LogP contribution is -2.56. The zero-order valence-electron chi connectivity index (χ0n) is 28.2. The van der Waals surface area contributed by atoms with Gasteiger partial charge in [-0.2, -0.15) is 4.98 Å². The molecular weight excluding hydrogens is 591 g/mol. The van der Waals surface area contributed by atoms with Gasteiger partial charge in [0.15, 0.2) is 0 Å². The second-order valence-electron chi connectivity index (χ2n) is 14.1. The van der Waals surface area contributed by atoms with Crippen LogP contribution in [0.3, 0.4) is 0 Å². The zero-order valence-corrected chi connectivity index (χ0v) is 28.2. The van der Waals surface area contributed by atoms with E-state index in [0.717, 1.165) is 68.4 Å². The second-order valence-corrected chi connectivity index (χ2v) is 14.1. The Bertz CT molecular complexity index is 1950. The number of nitrogens with one attached hydrogen (secondary N) is 2. The summed E-state index contributed by atoms with van der Waals surface area (Å²) in [6.45, 7) is 11.0. The monoisotopic (exact) mass is 637 g/mol. The fraction of sp³-hybridized carbons (Fsp3) is 0.366. The van der Waals surface area contributed by atoms with Gasteiger partial charge in [0.2, 0.25) is 5.95 Å². The second kappa shape index (κ2) is 13.6. The van der Waals surface area contributed by atoms with Crippen molar-refractivity contribution in [3.63, 3.8) is 0 Å². The van der Waals surface area contributed by atoms with E-state index in [4.69, 9.17) is 9.97 Å². The van der Waals surface area contributed by atoms with Gasteiger partial charge in [0.05, 0.1) is 5.52 Å². The molecule has 2 aliphatic rings. The highest BCUT2D eigenvalue weighted by molar-refractivity contribution is 6.07. The third kappa shape index (κ3) is 6.37. The predicted molar refractivity (Wildman–Crippen MR) is 200 cm³/mol. The van der Waals surface area contributed by atoms with Crippen molar-refractivity contribution in [3.8, 4) is 0 Å². The largest absolute Gasteiger partial charge is 0.363 e. The lowest BCUT2D eigenvalue weighted by molar-refractivity contribution is 0.151. The van der Waals surface area contributed by atoms with Crippen LogP contribution in [0.1, 0.15) is 44.7 Å². The Balaban J connectivity index is 0.904. The molecule has 7 nitrogen and oxygen atoms in total. The van der Waals surface area contributed by atoms with E-state index >= 15 is 0 Å². The number of rotatable bonds is 10. The molecule has 0 aliphatic carbocycles. The van der Waals surface area contributed by atoms with Crippen LogP contribution in [-0.2, 0) is 6.54 Å². The molecule has 4 heterocycles. The summed E-state index contributed by atoms with van der Waals surface area (Å²) in [6.07, 6.45) is 3.52. The van der Waals surface area contributed by atoms with E-state index in [1.54, 1.807) is 0 Å². The number of fused-ring (bicyclic) bond motifs is 4. The molecule has 2 aliphatic heterocycles. The summed E-state index contributed by atoms with van der Waals surface area (Å²) in [7, 11) is 0. The summed E-state index contributed by atoms with van der Waals surface area (Å²) in [5.74, 6) is 2.38. The summed E-state index contributed by atoms with van der Waals surface area (Å²) in [5, 5.41) is 11.4. The first-order valence-electron chi connectivity index (χ1n) is 17.9. The van der Waals surface area contributed by atoms with Crippen LogP contribution < -0.4 is 15.5 Å². The summed E-state index contributed by atoms with van der Waals surface area (Å²) >= 11 is 0. The minimum absolute atomic E-state index is 0.146. The number of nitrogens with zero attached hydrogens (tertiary/aromatic N) is 5. The molecule has 8 rings (SSSR count). The van der Waals surface area contributed by atoms with Crippen LogP contribution in [0, 0.1) is 5.92 Å². The number of aromatic nitrogens is 3. The number of para-hydroxylation sites is 3. The topological polar surface area (TPSA) is 61.2 Å². The van der Waals surface area contributed by atoms with E-state index in [-0.39, 0.29) is 6.04 Å². The maximum absolute atomic E-state index is 5.12. The number of aryl methyl sites for hydroxylation is 1. The SMILES string of the molecule is CC1CN(CCCn2c3ccccc3c3ccccc32)CC(CC2CCN(c3nc(NC(C)c4ccccc4)c4ccccc4n3)C2)N1. The molecule has 0 spiro atoms. The Kier molecular flexibility index (Phi) is 8.72. The first-order valence-corrected chi connectivity index (χ1v) is 17.9. The van der Waals surface area contributed by atoms with E-state index in [1.165, 1.54) is 40.2 Å². The Hall–Kier alpha value is -4.46. The van der Waals surface area contributed by atoms with Crippen LogP contribution in [0.5, 0.6) is 0 Å². The van der Waals surface area contributed by atoms with E-state index in [0.29, 0.717) is 18.0 Å². The van der Waals surface area contributed by atoms with Crippen molar-refractivity contribution in [3.05, 3.63) is 109 Å². The molecule has 246 valence electrons. The van der Waals surface area contributed by atoms with Crippen molar-refractivity contribution in [2.45, 2.75) is 57.8 Å². The summed E-state index contributed by atoms with van der Waals surface area (Å²) < 4.78 is 2.53. The van der Waals surface area contributed by atoms with Crippen molar-refractivity contribution in [2.75, 3.05) is 42.9 Å². The van der Waals surface area contributed by atoms with Gasteiger partial charge in [-0.3, -0.25) is 0 Å². The molecule has 2 N–H and O–H groups in total. The summed E-state index contributed by atoms with van der Waals surface area (Å²) in [5.41, 5.74) is 4.94. The Morgan fingerprint density at radius 1 is 0.771 bits per heavy atom. The molecule has 6 aromatic rings. The predicted octanol–water partition coefficient (Wildman–Crippen LogP) is 7.88. The van der Waals surface area contributed by atoms with Crippen molar-refractivity contribution < 1.29 is 0 Å². The van der Waals surface area contributed by atoms with Crippen LogP contribution in [0.4, 0.5) is 11.8 Å². The molecule has 7 heteroatoms. The minimum Gasteiger partial charge on any atom is -0.363 e. The van der Waals surface area contributed by atoms with Gasteiger partial charge in [0, 0.05) is 78.0 Å². The van der Waals surface area contributed by atoms with Gasteiger partial charge >= 0.3 is 0 Å². The average molecular weight is 638 g/mol. The maximum Gasteiger partial charge on any atom is 0.227 e. The van der Waals surface area contributed by atoms with E-state index in [1.807, 2.05) is 0 Å². The van der Waals surface area contributed by atoms with Gasteiger partial charge in [-0.05, 0) is 75.4 Å². The van der Waals surface area contributed by atoms with Crippen LogP contribution in [0.15, 0.2) is 103 Å². The van der Waals surface area contributed by atoms with Crippen molar-refractivity contribution in [2.24, 2.45) is 5.92 Å². The third-order valence-electron chi connectivity index (χ3n) is 10.5. The van der Waals surface area contributed by atoms with Gasteiger partial charge in [0.25, 0.3) is 0 Å². The molecular formula is C41H47N7. The average Bonchev–Trinajstić information content (AvgIpc) is 3.71. The smallest absolute Gasteiger partial charge is 0.227 e. The Morgan fingerprint density at radius 2 is 1.46 bits per heavy atom. The Morgan fingerprint density at radius 3 is 2.23 bits per heavy atom. The van der Waals surface area contributed by atoms with Crippen LogP contribution in [-0.4, -0.2) is 64.2 Å². The van der Waals surface area contributed by atoms with Gasteiger partial charge in [-0.1, -0.05) is 78.9 Å². The fourth-order valence-corrected chi connectivity index (χ4v) is 8.26. The highest BCUT2D eigenvalue weighted by Crippen LogP contribution is 2.32. The Labute approximate surface area is 284 Å². The molecule has 4 aromatic carbocycles. The molecule has 2 saturated heterocycles. The van der Waals surface area contributed by atoms with Gasteiger partial charge < -0.3 is 25.0 Å². The van der Waals surface area contributed by atoms with Gasteiger partial charge in [0.1, 0.15) is 5.82 Å². The molecule has 0 saturated carbocycles. The van der Waals surface area contributed by atoms with Gasteiger partial charge in [-0.25, -0.2) is 4.98 Å². The number of piperazine rings is 1. The highest BCUT2D eigenvalue weighted by Gasteiger charge is 2.31. The van der Waals surface area contributed by atoms with E-state index < -0.39 is 0 Å². The lowest BCUT2D eigenvalue weighted by Gasteiger charge is -2.38. The lowest BCUT2D eigenvalue weighted by atomic mass is 9.96. The summed E-state index contributed by atoms with van der Waals surface area (Å²) in [4.78, 5) is 15.3. The molecule has 0 bridgehead atoms. The number of benzene rings is 4. The van der Waals surface area contributed by atoms with E-state index in [9.17, 15) is 0 Å². The van der Waals surface area contributed by atoms with Crippen molar-refractivity contribution >= 4 is 44.5 Å². The maximum atomic E-state index is 5.12. The zero-order chi connectivity index (χ0) is 32.5. The van der Waals surface area contributed by atoms with Gasteiger partial charge in [-0.15, -0.1) is 0 Å². The summed E-state index contributed by atoms with van der Waals surface area (Å²) in [6, 6.07) is 37.8. The van der Waals surface area contributed by atoms with Crippen molar-refractivity contribution in [1.82, 2.24) is 24.8 Å². The standard InChI is InChI=1S/C41H47N7/c1-29-26-46(22-12-23-48-38-19-10-7-15-34(38)35-16-8-11-20-39(35)48)28-33(42-29)25-31-21-24-47(27-31)41-44-37-18-9-6-17-36(37)40(45-41)43-30(2)32-13-4-3-5-14-32/h3-11,13-20,29-31,33,42H,12,21-28H2,1-2H3,(H,43,44,45). The minimum atomic E-state index is 0.146. The number of anilines is 2. The van der Waals surface area contributed by atoms with Crippen LogP contribution in [0.25, 0.3) is 32.7 Å². The molecule has 4 unspecified atom stereocenters. The number of hydrogen-bond donors (Lipinski definition) is 2. The van der Waals surface area contributed by atoms with Crippen molar-refractivity contribution in [1.29, 1.82) is 0 Å². The molecule has 4 atom stereocenters. The molecule has 2 fully saturated rings. The molecule has 0 amide bonds.